The second kappa shape index (κ2) is 8.06. The van der Waals surface area contributed by atoms with Gasteiger partial charge < -0.3 is 19.7 Å². The van der Waals surface area contributed by atoms with Gasteiger partial charge in [-0.15, -0.1) is 5.10 Å². The topological polar surface area (TPSA) is 81.5 Å². The van der Waals surface area contributed by atoms with E-state index >= 15 is 0 Å². The van der Waals surface area contributed by atoms with E-state index in [1.54, 1.807) is 13.3 Å². The van der Waals surface area contributed by atoms with Gasteiger partial charge in [0, 0.05) is 32.6 Å². The number of hydrogen-bond donors (Lipinski definition) is 1. The Hall–Kier alpha value is -2.45. The van der Waals surface area contributed by atoms with Crippen molar-refractivity contribution in [2.75, 3.05) is 26.7 Å². The van der Waals surface area contributed by atoms with E-state index in [0.29, 0.717) is 19.6 Å². The van der Waals surface area contributed by atoms with Crippen LogP contribution in [0.4, 0.5) is 0 Å². The second-order valence-corrected chi connectivity index (χ2v) is 7.05. The smallest absolute Gasteiger partial charge is 0.221 e. The summed E-state index contributed by atoms with van der Waals surface area (Å²) < 4.78 is 13.1. The monoisotopic (exact) mass is 371 g/mol. The number of carbonyl (C=O) groups is 1. The molecule has 0 aliphatic carbocycles. The van der Waals surface area contributed by atoms with Gasteiger partial charge in [-0.05, 0) is 24.1 Å². The highest BCUT2D eigenvalue weighted by atomic mass is 16.5. The molecule has 2 aliphatic rings. The molecule has 3 heterocycles. The van der Waals surface area contributed by atoms with E-state index in [1.165, 1.54) is 0 Å². The van der Waals surface area contributed by atoms with Crippen LogP contribution in [0.25, 0.3) is 0 Å². The van der Waals surface area contributed by atoms with E-state index in [4.69, 9.17) is 9.47 Å². The Bertz CT molecular complexity index is 776. The maximum atomic E-state index is 12.2. The molecule has 0 bridgehead atoms. The van der Waals surface area contributed by atoms with E-state index in [-0.39, 0.29) is 18.1 Å². The van der Waals surface area contributed by atoms with Crippen molar-refractivity contribution in [3.63, 3.8) is 0 Å². The number of fused-ring (bicyclic) bond motifs is 3. The predicted molar refractivity (Wildman–Crippen MR) is 98.2 cm³/mol. The number of hydrogen-bond acceptors (Lipinski definition) is 6. The Balaban J connectivity index is 1.24. The first kappa shape index (κ1) is 17.9. The molecule has 1 saturated heterocycles. The molecule has 0 saturated carbocycles. The van der Waals surface area contributed by atoms with Gasteiger partial charge in [0.15, 0.2) is 0 Å². The minimum Gasteiger partial charge on any atom is -0.497 e. The first-order valence-corrected chi connectivity index (χ1v) is 9.35. The lowest BCUT2D eigenvalue weighted by molar-refractivity contribution is -0.122. The zero-order valence-corrected chi connectivity index (χ0v) is 15.5. The number of nitrogens with one attached hydrogen (secondary N) is 1. The Morgan fingerprint density at radius 1 is 1.37 bits per heavy atom. The fraction of sp³-hybridized carbons (Fsp3) is 0.526. The van der Waals surface area contributed by atoms with Crippen LogP contribution in [0.3, 0.4) is 0 Å². The Morgan fingerprint density at radius 3 is 3.04 bits per heavy atom. The number of ether oxygens (including phenoxy) is 2. The number of rotatable bonds is 6. The van der Waals surface area contributed by atoms with Crippen LogP contribution in [0, 0.1) is 0 Å². The lowest BCUT2D eigenvalue weighted by atomic mass is 10.0. The van der Waals surface area contributed by atoms with Crippen molar-refractivity contribution in [1.29, 1.82) is 0 Å². The quantitative estimate of drug-likeness (QED) is 0.820. The predicted octanol–water partition coefficient (Wildman–Crippen LogP) is 1.14. The number of amides is 1. The van der Waals surface area contributed by atoms with Crippen LogP contribution in [0.15, 0.2) is 30.5 Å². The summed E-state index contributed by atoms with van der Waals surface area (Å²) in [6, 6.07) is 7.91. The fourth-order valence-corrected chi connectivity index (χ4v) is 3.74. The minimum atomic E-state index is 0.0641. The summed E-state index contributed by atoms with van der Waals surface area (Å²) in [5.41, 5.74) is 2.08. The van der Waals surface area contributed by atoms with E-state index in [1.807, 2.05) is 28.9 Å². The maximum absolute atomic E-state index is 12.2. The Kier molecular flexibility index (Phi) is 5.35. The van der Waals surface area contributed by atoms with Gasteiger partial charge in [0.05, 0.1) is 37.8 Å². The van der Waals surface area contributed by atoms with Gasteiger partial charge in [0.2, 0.25) is 5.91 Å². The van der Waals surface area contributed by atoms with Gasteiger partial charge in [-0.25, -0.2) is 4.68 Å². The van der Waals surface area contributed by atoms with Crippen molar-refractivity contribution in [2.45, 2.75) is 38.1 Å². The standard InChI is InChI=1S/C19H25N5O3/c1-26-16-4-2-14(3-5-16)10-20-19(25)7-9-23-8-6-18-17(12-23)24-15(13-27-18)11-21-22-24/h2-5,11,17-18H,6-10,12-13H2,1H3,(H,20,25). The van der Waals surface area contributed by atoms with Gasteiger partial charge in [0.25, 0.3) is 0 Å². The molecule has 0 spiro atoms. The van der Waals surface area contributed by atoms with Crippen LogP contribution >= 0.6 is 0 Å². The molecule has 27 heavy (non-hydrogen) atoms. The van der Waals surface area contributed by atoms with Crippen molar-refractivity contribution >= 4 is 5.91 Å². The third-order valence-electron chi connectivity index (χ3n) is 5.32. The highest BCUT2D eigenvalue weighted by Crippen LogP contribution is 2.29. The summed E-state index contributed by atoms with van der Waals surface area (Å²) in [6.45, 7) is 3.64. The summed E-state index contributed by atoms with van der Waals surface area (Å²) in [6.07, 6.45) is 3.40. The SMILES string of the molecule is COc1ccc(CNC(=O)CCN2CCC3OCc4cnnn4C3C2)cc1. The van der Waals surface area contributed by atoms with Crippen LogP contribution in [0.1, 0.15) is 30.1 Å². The van der Waals surface area contributed by atoms with Crippen LogP contribution in [0.5, 0.6) is 5.75 Å². The lowest BCUT2D eigenvalue weighted by Gasteiger charge is -2.40. The van der Waals surface area contributed by atoms with Crippen molar-refractivity contribution < 1.29 is 14.3 Å². The van der Waals surface area contributed by atoms with Gasteiger partial charge in [-0.3, -0.25) is 4.79 Å². The van der Waals surface area contributed by atoms with Gasteiger partial charge >= 0.3 is 0 Å². The number of benzene rings is 1. The van der Waals surface area contributed by atoms with Crippen molar-refractivity contribution in [3.8, 4) is 5.75 Å². The average molecular weight is 371 g/mol. The van der Waals surface area contributed by atoms with E-state index in [9.17, 15) is 4.79 Å². The number of carbonyl (C=O) groups excluding carboxylic acids is 1. The van der Waals surface area contributed by atoms with Gasteiger partial charge in [-0.1, -0.05) is 17.3 Å². The van der Waals surface area contributed by atoms with Gasteiger partial charge in [0.1, 0.15) is 5.75 Å². The number of piperidine rings is 1. The molecule has 1 N–H and O–H groups in total. The third-order valence-corrected chi connectivity index (χ3v) is 5.32. The molecule has 2 aliphatic heterocycles. The Morgan fingerprint density at radius 2 is 2.22 bits per heavy atom. The number of methoxy groups -OCH3 is 1. The molecular formula is C19H25N5O3. The summed E-state index contributed by atoms with van der Waals surface area (Å²) in [7, 11) is 1.64. The van der Waals surface area contributed by atoms with Crippen molar-refractivity contribution in [1.82, 2.24) is 25.2 Å². The molecule has 1 aromatic carbocycles. The van der Waals surface area contributed by atoms with E-state index in [0.717, 1.165) is 43.1 Å². The highest BCUT2D eigenvalue weighted by molar-refractivity contribution is 5.76. The van der Waals surface area contributed by atoms with Crippen LogP contribution in [-0.2, 0) is 22.7 Å². The first-order valence-electron chi connectivity index (χ1n) is 9.35. The molecule has 1 aromatic heterocycles. The normalized spacial score (nSPS) is 22.0. The summed E-state index contributed by atoms with van der Waals surface area (Å²) in [5.74, 6) is 0.880. The van der Waals surface area contributed by atoms with Crippen LogP contribution in [-0.4, -0.2) is 58.6 Å². The van der Waals surface area contributed by atoms with Crippen molar-refractivity contribution in [3.05, 3.63) is 41.7 Å². The molecule has 8 heteroatoms. The summed E-state index contributed by atoms with van der Waals surface area (Å²) in [5, 5.41) is 11.2. The van der Waals surface area contributed by atoms with Crippen LogP contribution in [0.2, 0.25) is 0 Å². The molecule has 2 atom stereocenters. The first-order chi connectivity index (χ1) is 13.2. The third kappa shape index (κ3) is 4.12. The number of likely N-dealkylation sites (tertiary alicyclic amines) is 1. The molecule has 4 rings (SSSR count). The summed E-state index contributed by atoms with van der Waals surface area (Å²) in [4.78, 5) is 14.5. The maximum Gasteiger partial charge on any atom is 0.221 e. The summed E-state index contributed by atoms with van der Waals surface area (Å²) >= 11 is 0. The van der Waals surface area contributed by atoms with Crippen LogP contribution < -0.4 is 10.1 Å². The Labute approximate surface area is 158 Å². The van der Waals surface area contributed by atoms with E-state index < -0.39 is 0 Å². The largest absolute Gasteiger partial charge is 0.497 e. The molecule has 8 nitrogen and oxygen atoms in total. The molecule has 0 radical (unpaired) electrons. The molecule has 1 amide bonds. The second-order valence-electron chi connectivity index (χ2n) is 7.05. The minimum absolute atomic E-state index is 0.0641. The average Bonchev–Trinajstić information content (AvgIpc) is 3.20. The zero-order chi connectivity index (χ0) is 18.6. The molecule has 1 fully saturated rings. The fourth-order valence-electron chi connectivity index (χ4n) is 3.74. The molecule has 2 unspecified atom stereocenters. The zero-order valence-electron chi connectivity index (χ0n) is 15.5. The molecule has 144 valence electrons. The number of aromatic nitrogens is 3. The van der Waals surface area contributed by atoms with Gasteiger partial charge in [-0.2, -0.15) is 0 Å². The van der Waals surface area contributed by atoms with E-state index in [2.05, 4.69) is 20.5 Å². The number of nitrogens with zero attached hydrogens (tertiary/aromatic N) is 4. The molecule has 2 aromatic rings. The van der Waals surface area contributed by atoms with Crippen molar-refractivity contribution in [2.24, 2.45) is 0 Å². The molecular weight excluding hydrogens is 346 g/mol. The highest BCUT2D eigenvalue weighted by Gasteiger charge is 2.36. The lowest BCUT2D eigenvalue weighted by Crippen LogP contribution is -2.48.